The van der Waals surface area contributed by atoms with Crippen LogP contribution in [0.1, 0.15) is 52.9 Å². The molecule has 0 radical (unpaired) electrons. The van der Waals surface area contributed by atoms with Crippen LogP contribution in [-0.2, 0) is 9.53 Å². The monoisotopic (exact) mass is 214 g/mol. The molecule has 1 fully saturated rings. The predicted molar refractivity (Wildman–Crippen MR) is 58.9 cm³/mol. The van der Waals surface area contributed by atoms with Gasteiger partial charge in [-0.25, -0.2) is 4.79 Å². The van der Waals surface area contributed by atoms with Crippen molar-refractivity contribution in [2.75, 3.05) is 6.61 Å². The Bertz CT molecular complexity index is 223. The Kier molecular flexibility index (Phi) is 3.77. The Labute approximate surface area is 91.8 Å². The molecule has 0 atom stereocenters. The summed E-state index contributed by atoms with van der Waals surface area (Å²) in [6.07, 6.45) is 4.04. The summed E-state index contributed by atoms with van der Waals surface area (Å²) in [5.74, 6) is -0.786. The summed E-state index contributed by atoms with van der Waals surface area (Å²) >= 11 is 0. The summed E-state index contributed by atoms with van der Waals surface area (Å²) in [6.45, 7) is 6.94. The van der Waals surface area contributed by atoms with Crippen LogP contribution in [-0.4, -0.2) is 23.3 Å². The fraction of sp³-hybridized carbons (Fsp3) is 0.917. The Morgan fingerprint density at radius 1 is 1.27 bits per heavy atom. The van der Waals surface area contributed by atoms with Gasteiger partial charge in [-0.1, -0.05) is 20.8 Å². The zero-order valence-corrected chi connectivity index (χ0v) is 10.0. The van der Waals surface area contributed by atoms with Gasteiger partial charge >= 0.3 is 5.97 Å². The zero-order chi connectivity index (χ0) is 11.5. The Morgan fingerprint density at radius 3 is 2.20 bits per heavy atom. The van der Waals surface area contributed by atoms with Crippen LogP contribution in [0.5, 0.6) is 0 Å². The molecule has 88 valence electrons. The minimum Gasteiger partial charge on any atom is -0.479 e. The van der Waals surface area contributed by atoms with E-state index in [-0.39, 0.29) is 5.41 Å². The fourth-order valence-electron chi connectivity index (χ4n) is 2.05. The Morgan fingerprint density at radius 2 is 1.80 bits per heavy atom. The molecule has 0 unspecified atom stereocenters. The van der Waals surface area contributed by atoms with Gasteiger partial charge in [0.05, 0.1) is 0 Å². The largest absolute Gasteiger partial charge is 0.479 e. The second-order valence-corrected chi connectivity index (χ2v) is 5.31. The molecule has 0 amide bonds. The van der Waals surface area contributed by atoms with Crippen molar-refractivity contribution in [1.82, 2.24) is 0 Å². The minimum absolute atomic E-state index is 0.272. The molecule has 0 aromatic heterocycles. The molecule has 0 saturated heterocycles. The first-order valence-corrected chi connectivity index (χ1v) is 5.79. The van der Waals surface area contributed by atoms with E-state index in [1.807, 2.05) is 6.92 Å². The van der Waals surface area contributed by atoms with Crippen LogP contribution >= 0.6 is 0 Å². The van der Waals surface area contributed by atoms with Crippen molar-refractivity contribution < 1.29 is 14.6 Å². The molecule has 1 saturated carbocycles. The summed E-state index contributed by atoms with van der Waals surface area (Å²) in [4.78, 5) is 11.3. The lowest BCUT2D eigenvalue weighted by molar-refractivity contribution is -0.174. The summed E-state index contributed by atoms with van der Waals surface area (Å²) in [5.41, 5.74) is -0.625. The van der Waals surface area contributed by atoms with E-state index < -0.39 is 11.6 Å². The topological polar surface area (TPSA) is 46.5 Å². The highest BCUT2D eigenvalue weighted by Gasteiger charge is 2.44. The van der Waals surface area contributed by atoms with Gasteiger partial charge in [-0.2, -0.15) is 0 Å². The highest BCUT2D eigenvalue weighted by atomic mass is 16.5. The van der Waals surface area contributed by atoms with Crippen molar-refractivity contribution >= 4 is 5.97 Å². The van der Waals surface area contributed by atoms with Crippen LogP contribution in [0.3, 0.4) is 0 Å². The lowest BCUT2D eigenvalue weighted by Gasteiger charge is -2.40. The summed E-state index contributed by atoms with van der Waals surface area (Å²) in [6, 6.07) is 0. The predicted octanol–water partition coefficient (Wildman–Crippen LogP) is 2.84. The second kappa shape index (κ2) is 4.52. The quantitative estimate of drug-likeness (QED) is 0.782. The second-order valence-electron chi connectivity index (χ2n) is 5.31. The van der Waals surface area contributed by atoms with Crippen molar-refractivity contribution in [1.29, 1.82) is 0 Å². The van der Waals surface area contributed by atoms with Crippen LogP contribution in [0.4, 0.5) is 0 Å². The Balaban J connectivity index is 2.65. The zero-order valence-electron chi connectivity index (χ0n) is 10.0. The summed E-state index contributed by atoms with van der Waals surface area (Å²) in [5, 5.41) is 9.26. The molecule has 0 aromatic carbocycles. The number of carbonyl (C=O) groups is 1. The summed E-state index contributed by atoms with van der Waals surface area (Å²) < 4.78 is 5.57. The normalized spacial score (nSPS) is 23.7. The molecule has 1 aliphatic rings. The number of rotatable bonds is 4. The van der Waals surface area contributed by atoms with E-state index in [4.69, 9.17) is 4.74 Å². The molecule has 1 aliphatic carbocycles. The third kappa shape index (κ3) is 2.94. The van der Waals surface area contributed by atoms with E-state index in [2.05, 4.69) is 13.8 Å². The molecule has 1 rings (SSSR count). The number of ether oxygens (including phenoxy) is 1. The van der Waals surface area contributed by atoms with Gasteiger partial charge in [0.2, 0.25) is 0 Å². The molecule has 3 nitrogen and oxygen atoms in total. The standard InChI is InChI=1S/C12H22O3/c1-4-9-15-12(10(13)14)7-5-11(2,3)6-8-12/h4-9H2,1-3H3,(H,13,14). The first-order chi connectivity index (χ1) is 6.92. The fourth-order valence-corrected chi connectivity index (χ4v) is 2.05. The average Bonchev–Trinajstić information content (AvgIpc) is 2.16. The lowest BCUT2D eigenvalue weighted by atomic mass is 9.71. The van der Waals surface area contributed by atoms with Gasteiger partial charge in [-0.05, 0) is 37.5 Å². The SMILES string of the molecule is CCCOC1(C(=O)O)CCC(C)(C)CC1. The first kappa shape index (κ1) is 12.5. The molecule has 0 aromatic rings. The van der Waals surface area contributed by atoms with Crippen LogP contribution in [0.25, 0.3) is 0 Å². The third-order valence-electron chi connectivity index (χ3n) is 3.38. The highest BCUT2D eigenvalue weighted by Crippen LogP contribution is 2.42. The molecule has 0 heterocycles. The number of hydrogen-bond donors (Lipinski definition) is 1. The van der Waals surface area contributed by atoms with Gasteiger partial charge in [0.1, 0.15) is 0 Å². The molecular formula is C12H22O3. The Hall–Kier alpha value is -0.570. The number of carboxylic acid groups (broad SMARTS) is 1. The minimum atomic E-state index is -0.897. The highest BCUT2D eigenvalue weighted by molar-refractivity contribution is 5.77. The van der Waals surface area contributed by atoms with Gasteiger partial charge in [-0.3, -0.25) is 0 Å². The van der Waals surface area contributed by atoms with Crippen LogP contribution in [0.15, 0.2) is 0 Å². The van der Waals surface area contributed by atoms with E-state index in [0.29, 0.717) is 19.4 Å². The van der Waals surface area contributed by atoms with Crippen LogP contribution in [0, 0.1) is 5.41 Å². The van der Waals surface area contributed by atoms with E-state index >= 15 is 0 Å². The molecular weight excluding hydrogens is 192 g/mol. The molecule has 0 aliphatic heterocycles. The third-order valence-corrected chi connectivity index (χ3v) is 3.38. The summed E-state index contributed by atoms with van der Waals surface area (Å²) in [7, 11) is 0. The van der Waals surface area contributed by atoms with Gasteiger partial charge in [-0.15, -0.1) is 0 Å². The van der Waals surface area contributed by atoms with Crippen molar-refractivity contribution in [2.24, 2.45) is 5.41 Å². The van der Waals surface area contributed by atoms with Crippen LogP contribution in [0.2, 0.25) is 0 Å². The van der Waals surface area contributed by atoms with Crippen molar-refractivity contribution in [2.45, 2.75) is 58.5 Å². The maximum Gasteiger partial charge on any atom is 0.335 e. The van der Waals surface area contributed by atoms with Gasteiger partial charge in [0, 0.05) is 6.61 Å². The molecule has 3 heteroatoms. The van der Waals surface area contributed by atoms with E-state index in [9.17, 15) is 9.90 Å². The molecule has 15 heavy (non-hydrogen) atoms. The van der Waals surface area contributed by atoms with E-state index in [1.54, 1.807) is 0 Å². The molecule has 0 spiro atoms. The number of aliphatic carboxylic acids is 1. The van der Waals surface area contributed by atoms with Gasteiger partial charge in [0.25, 0.3) is 0 Å². The first-order valence-electron chi connectivity index (χ1n) is 5.79. The molecule has 1 N–H and O–H groups in total. The van der Waals surface area contributed by atoms with Crippen molar-refractivity contribution in [3.8, 4) is 0 Å². The van der Waals surface area contributed by atoms with E-state index in [1.165, 1.54) is 0 Å². The van der Waals surface area contributed by atoms with Gasteiger partial charge < -0.3 is 9.84 Å². The molecule has 0 bridgehead atoms. The van der Waals surface area contributed by atoms with Crippen molar-refractivity contribution in [3.05, 3.63) is 0 Å². The number of hydrogen-bond acceptors (Lipinski definition) is 2. The smallest absolute Gasteiger partial charge is 0.335 e. The average molecular weight is 214 g/mol. The van der Waals surface area contributed by atoms with Crippen molar-refractivity contribution in [3.63, 3.8) is 0 Å². The number of carboxylic acids is 1. The van der Waals surface area contributed by atoms with E-state index in [0.717, 1.165) is 19.3 Å². The van der Waals surface area contributed by atoms with Gasteiger partial charge in [0.15, 0.2) is 5.60 Å². The maximum atomic E-state index is 11.3. The maximum absolute atomic E-state index is 11.3. The van der Waals surface area contributed by atoms with Crippen LogP contribution < -0.4 is 0 Å². The lowest BCUT2D eigenvalue weighted by Crippen LogP contribution is -2.46.